The van der Waals surface area contributed by atoms with Crippen LogP contribution in [0.4, 0.5) is 0 Å². The van der Waals surface area contributed by atoms with E-state index in [0.29, 0.717) is 34.8 Å². The van der Waals surface area contributed by atoms with Crippen LogP contribution in [0.15, 0.2) is 52.4 Å². The fourth-order valence-corrected chi connectivity index (χ4v) is 6.91. The molecule has 2 heterocycles. The molecule has 11 heteroatoms. The number of esters is 1. The normalized spacial score (nSPS) is 17.4. The van der Waals surface area contributed by atoms with Gasteiger partial charge in [0.2, 0.25) is 10.0 Å². The molecule has 1 aliphatic heterocycles. The minimum atomic E-state index is -3.86. The molecule has 0 saturated carbocycles. The zero-order valence-corrected chi connectivity index (χ0v) is 21.1. The molecule has 3 aromatic rings. The second kappa shape index (κ2) is 9.99. The first-order valence-electron chi connectivity index (χ1n) is 10.9. The zero-order chi connectivity index (χ0) is 24.5. The van der Waals surface area contributed by atoms with Crippen molar-refractivity contribution in [2.24, 2.45) is 4.99 Å². The lowest BCUT2D eigenvalue weighted by molar-refractivity contribution is -0.121. The van der Waals surface area contributed by atoms with Gasteiger partial charge in [-0.15, -0.1) is 0 Å². The number of carbonyl (C=O) groups is 2. The maximum absolute atomic E-state index is 13.2. The third kappa shape index (κ3) is 4.68. The quantitative estimate of drug-likeness (QED) is 0.459. The van der Waals surface area contributed by atoms with Crippen LogP contribution in [0.25, 0.3) is 10.2 Å². The number of halogens is 1. The molecule has 4 rings (SSSR count). The van der Waals surface area contributed by atoms with E-state index in [-0.39, 0.29) is 18.0 Å². The molecule has 8 nitrogen and oxygen atoms in total. The van der Waals surface area contributed by atoms with E-state index < -0.39 is 27.9 Å². The standard InChI is InChI=1S/C23H24ClN3O5S2/c1-3-26-18-12-7-15(22(29)32-4-2)14-20(18)33-23(26)25-21(28)19-6-5-13-27(19)34(30,31)17-10-8-16(24)9-11-17/h7-12,14,19H,3-6,13H2,1-2H3. The number of ether oxygens (including phenoxy) is 1. The number of thiazole rings is 1. The number of aromatic nitrogens is 1. The number of amides is 1. The van der Waals surface area contributed by atoms with Gasteiger partial charge in [0.05, 0.1) is 27.3 Å². The van der Waals surface area contributed by atoms with E-state index >= 15 is 0 Å². The lowest BCUT2D eigenvalue weighted by Crippen LogP contribution is -2.40. The van der Waals surface area contributed by atoms with Gasteiger partial charge < -0.3 is 9.30 Å². The van der Waals surface area contributed by atoms with Crippen LogP contribution < -0.4 is 4.80 Å². The lowest BCUT2D eigenvalue weighted by atomic mass is 10.2. The summed E-state index contributed by atoms with van der Waals surface area (Å²) in [6.45, 7) is 4.76. The van der Waals surface area contributed by atoms with Crippen molar-refractivity contribution in [3.05, 3.63) is 57.9 Å². The number of carbonyl (C=O) groups excluding carboxylic acids is 2. The first-order chi connectivity index (χ1) is 16.3. The summed E-state index contributed by atoms with van der Waals surface area (Å²) >= 11 is 7.17. The Morgan fingerprint density at radius 2 is 1.91 bits per heavy atom. The Labute approximate surface area is 206 Å². The maximum Gasteiger partial charge on any atom is 0.338 e. The topological polar surface area (TPSA) is 98.0 Å². The maximum atomic E-state index is 13.2. The Morgan fingerprint density at radius 3 is 2.59 bits per heavy atom. The number of hydrogen-bond acceptors (Lipinski definition) is 6. The first kappa shape index (κ1) is 24.6. The molecule has 1 amide bonds. The number of sulfonamides is 1. The van der Waals surface area contributed by atoms with E-state index in [1.165, 1.54) is 39.9 Å². The van der Waals surface area contributed by atoms with Crippen molar-refractivity contribution in [2.45, 2.75) is 44.2 Å². The van der Waals surface area contributed by atoms with Gasteiger partial charge in [-0.1, -0.05) is 22.9 Å². The molecule has 1 atom stereocenters. The molecule has 1 aliphatic rings. The van der Waals surface area contributed by atoms with Crippen LogP contribution in [0.3, 0.4) is 0 Å². The first-order valence-corrected chi connectivity index (χ1v) is 13.6. The average Bonchev–Trinajstić information content (AvgIpc) is 3.44. The van der Waals surface area contributed by atoms with Crippen LogP contribution in [-0.4, -0.2) is 48.4 Å². The van der Waals surface area contributed by atoms with E-state index in [2.05, 4.69) is 4.99 Å². The van der Waals surface area contributed by atoms with E-state index in [9.17, 15) is 18.0 Å². The van der Waals surface area contributed by atoms with Gasteiger partial charge in [0, 0.05) is 18.1 Å². The molecule has 0 radical (unpaired) electrons. The SMILES string of the molecule is CCOC(=O)c1ccc2c(c1)sc(=NC(=O)C1CCCN1S(=O)(=O)c1ccc(Cl)cc1)n2CC. The Hall–Kier alpha value is -2.53. The van der Waals surface area contributed by atoms with Gasteiger partial charge in [0.15, 0.2) is 4.80 Å². The third-order valence-electron chi connectivity index (χ3n) is 5.62. The van der Waals surface area contributed by atoms with Gasteiger partial charge >= 0.3 is 5.97 Å². The van der Waals surface area contributed by atoms with Crippen molar-refractivity contribution >= 4 is 55.1 Å². The average molecular weight is 522 g/mol. The van der Waals surface area contributed by atoms with Gasteiger partial charge in [-0.25, -0.2) is 13.2 Å². The van der Waals surface area contributed by atoms with Crippen LogP contribution in [0, 0.1) is 0 Å². The van der Waals surface area contributed by atoms with Crippen molar-refractivity contribution in [3.8, 4) is 0 Å². The van der Waals surface area contributed by atoms with Gasteiger partial charge in [-0.3, -0.25) is 4.79 Å². The van der Waals surface area contributed by atoms with Crippen LogP contribution in [0.1, 0.15) is 37.0 Å². The Kier molecular flexibility index (Phi) is 7.22. The highest BCUT2D eigenvalue weighted by molar-refractivity contribution is 7.89. The molecule has 1 saturated heterocycles. The second-order valence-electron chi connectivity index (χ2n) is 7.71. The summed E-state index contributed by atoms with van der Waals surface area (Å²) in [7, 11) is -3.86. The Morgan fingerprint density at radius 1 is 1.18 bits per heavy atom. The van der Waals surface area contributed by atoms with Gasteiger partial charge in [0.25, 0.3) is 5.91 Å². The number of rotatable bonds is 6. The molecule has 0 N–H and O–H groups in total. The highest BCUT2D eigenvalue weighted by Crippen LogP contribution is 2.28. The molecule has 1 fully saturated rings. The van der Waals surface area contributed by atoms with Gasteiger partial charge in [0.1, 0.15) is 6.04 Å². The molecule has 180 valence electrons. The summed E-state index contributed by atoms with van der Waals surface area (Å²) < 4.78 is 35.3. The summed E-state index contributed by atoms with van der Waals surface area (Å²) in [5.41, 5.74) is 1.26. The van der Waals surface area contributed by atoms with Gasteiger partial charge in [-0.2, -0.15) is 9.30 Å². The molecule has 1 aromatic heterocycles. The summed E-state index contributed by atoms with van der Waals surface area (Å²) in [6, 6.07) is 10.2. The number of nitrogens with zero attached hydrogens (tertiary/aromatic N) is 3. The van der Waals surface area contributed by atoms with Crippen LogP contribution in [-0.2, 0) is 26.1 Å². The van der Waals surface area contributed by atoms with E-state index in [4.69, 9.17) is 16.3 Å². The fourth-order valence-electron chi connectivity index (χ4n) is 3.99. The molecule has 2 aromatic carbocycles. The van der Waals surface area contributed by atoms with Gasteiger partial charge in [-0.05, 0) is 69.2 Å². The highest BCUT2D eigenvalue weighted by Gasteiger charge is 2.39. The Bertz CT molecular complexity index is 1410. The zero-order valence-electron chi connectivity index (χ0n) is 18.7. The number of fused-ring (bicyclic) bond motifs is 1. The Balaban J connectivity index is 1.69. The number of benzene rings is 2. The molecule has 0 spiro atoms. The monoisotopic (exact) mass is 521 g/mol. The van der Waals surface area contributed by atoms with Crippen LogP contribution >= 0.6 is 22.9 Å². The van der Waals surface area contributed by atoms with E-state index in [1.54, 1.807) is 25.1 Å². The summed E-state index contributed by atoms with van der Waals surface area (Å²) in [5.74, 6) is -0.918. The predicted octanol–water partition coefficient (Wildman–Crippen LogP) is 3.83. The molecule has 0 bridgehead atoms. The lowest BCUT2D eigenvalue weighted by Gasteiger charge is -2.21. The van der Waals surface area contributed by atoms with Crippen LogP contribution in [0.2, 0.25) is 5.02 Å². The minimum absolute atomic E-state index is 0.0913. The third-order valence-corrected chi connectivity index (χ3v) is 8.84. The summed E-state index contributed by atoms with van der Waals surface area (Å²) in [6.07, 6.45) is 0.973. The number of hydrogen-bond donors (Lipinski definition) is 0. The van der Waals surface area contributed by atoms with Crippen molar-refractivity contribution in [2.75, 3.05) is 13.2 Å². The van der Waals surface area contributed by atoms with Crippen molar-refractivity contribution in [1.82, 2.24) is 8.87 Å². The largest absolute Gasteiger partial charge is 0.462 e. The van der Waals surface area contributed by atoms with Crippen LogP contribution in [0.5, 0.6) is 0 Å². The fraction of sp³-hybridized carbons (Fsp3) is 0.348. The van der Waals surface area contributed by atoms with E-state index in [1.807, 2.05) is 11.5 Å². The van der Waals surface area contributed by atoms with Crippen molar-refractivity contribution in [3.63, 3.8) is 0 Å². The van der Waals surface area contributed by atoms with Crippen molar-refractivity contribution < 1.29 is 22.7 Å². The van der Waals surface area contributed by atoms with Crippen molar-refractivity contribution in [1.29, 1.82) is 0 Å². The summed E-state index contributed by atoms with van der Waals surface area (Å²) in [4.78, 5) is 30.2. The number of aryl methyl sites for hydroxylation is 1. The van der Waals surface area contributed by atoms with E-state index in [0.717, 1.165) is 10.2 Å². The smallest absolute Gasteiger partial charge is 0.338 e. The molecular weight excluding hydrogens is 498 g/mol. The summed E-state index contributed by atoms with van der Waals surface area (Å²) in [5, 5.41) is 0.433. The predicted molar refractivity (Wildman–Crippen MR) is 130 cm³/mol. The molecule has 0 aliphatic carbocycles. The minimum Gasteiger partial charge on any atom is -0.462 e. The second-order valence-corrected chi connectivity index (χ2v) is 11.0. The highest BCUT2D eigenvalue weighted by atomic mass is 35.5. The molecule has 1 unspecified atom stereocenters. The molecular formula is C23H24ClN3O5S2. The molecule has 34 heavy (non-hydrogen) atoms.